The van der Waals surface area contributed by atoms with Gasteiger partial charge in [0.25, 0.3) is 0 Å². The van der Waals surface area contributed by atoms with Gasteiger partial charge < -0.3 is 15.5 Å². The lowest BCUT2D eigenvalue weighted by molar-refractivity contribution is -0.139. The quantitative estimate of drug-likeness (QED) is 0.485. The number of rotatable bonds is 5. The molecule has 0 radical (unpaired) electrons. The number of carbonyl (C=O) groups is 1. The van der Waals surface area contributed by atoms with E-state index in [1.807, 2.05) is 0 Å². The van der Waals surface area contributed by atoms with Crippen molar-refractivity contribution in [1.82, 2.24) is 4.98 Å². The lowest BCUT2D eigenvalue weighted by Crippen LogP contribution is -2.26. The molecule has 1 heterocycles. The fraction of sp³-hybridized carbons (Fsp3) is 0.235. The molecular weight excluding hydrogens is 335 g/mol. The minimum atomic E-state index is -4.88. The van der Waals surface area contributed by atoms with Crippen molar-refractivity contribution in [1.29, 1.82) is 5.41 Å². The number of fused-ring (bicyclic) bond motifs is 1. The predicted molar refractivity (Wildman–Crippen MR) is 88.6 cm³/mol. The Kier molecular flexibility index (Phi) is 5.41. The number of hydrogen-bond acceptors (Lipinski definition) is 5. The summed E-state index contributed by atoms with van der Waals surface area (Å²) in [5.74, 6) is -1.21. The number of benzene rings is 1. The standard InChI is InChI=1S/C17H16F3N3O2/c1-3-25-16(24)12(9-21)15(17(18,19)20)23-14-10(2)6-7-13-11(14)5-4-8-22-13/h4-9,21,23H,3H2,1-2H3/b15-12+,21-9?. The average Bonchev–Trinajstić information content (AvgIpc) is 2.56. The van der Waals surface area contributed by atoms with Crippen LogP contribution in [0.25, 0.3) is 10.9 Å². The zero-order valence-corrected chi connectivity index (χ0v) is 13.6. The minimum absolute atomic E-state index is 0.0987. The number of carbonyl (C=O) groups excluding carboxylic acids is 1. The summed E-state index contributed by atoms with van der Waals surface area (Å²) in [6.07, 6.45) is -3.01. The van der Waals surface area contributed by atoms with Crippen LogP contribution in [0.5, 0.6) is 0 Å². The molecule has 0 aliphatic carbocycles. The van der Waals surface area contributed by atoms with Crippen LogP contribution in [0, 0.1) is 12.3 Å². The van der Waals surface area contributed by atoms with Crippen LogP contribution in [-0.4, -0.2) is 30.0 Å². The molecule has 132 valence electrons. The van der Waals surface area contributed by atoms with Crippen LogP contribution in [0.2, 0.25) is 0 Å². The van der Waals surface area contributed by atoms with Gasteiger partial charge in [0.15, 0.2) is 0 Å². The Hall–Kier alpha value is -2.90. The molecule has 2 aromatic rings. The molecule has 0 fully saturated rings. The van der Waals surface area contributed by atoms with Crippen molar-refractivity contribution in [3.05, 3.63) is 47.3 Å². The molecule has 0 saturated carbocycles. The molecule has 8 heteroatoms. The molecule has 0 bridgehead atoms. The number of aryl methyl sites for hydroxylation is 1. The monoisotopic (exact) mass is 351 g/mol. The lowest BCUT2D eigenvalue weighted by Gasteiger charge is -2.19. The van der Waals surface area contributed by atoms with E-state index in [0.717, 1.165) is 0 Å². The van der Waals surface area contributed by atoms with Gasteiger partial charge >= 0.3 is 12.1 Å². The third-order valence-corrected chi connectivity index (χ3v) is 3.44. The smallest absolute Gasteiger partial charge is 0.432 e. The first-order valence-corrected chi connectivity index (χ1v) is 7.40. The second-order valence-corrected chi connectivity index (χ2v) is 5.10. The molecule has 1 aromatic heterocycles. The first-order chi connectivity index (χ1) is 11.8. The highest BCUT2D eigenvalue weighted by Crippen LogP contribution is 2.33. The summed E-state index contributed by atoms with van der Waals surface area (Å²) in [5, 5.41) is 9.98. The summed E-state index contributed by atoms with van der Waals surface area (Å²) < 4.78 is 45.2. The number of esters is 1. The highest BCUT2D eigenvalue weighted by Gasteiger charge is 2.39. The van der Waals surface area contributed by atoms with E-state index in [0.29, 0.717) is 22.7 Å². The maximum Gasteiger partial charge on any atom is 0.432 e. The highest BCUT2D eigenvalue weighted by molar-refractivity contribution is 6.10. The van der Waals surface area contributed by atoms with Gasteiger partial charge in [0.05, 0.1) is 17.8 Å². The predicted octanol–water partition coefficient (Wildman–Crippen LogP) is 3.98. The van der Waals surface area contributed by atoms with Gasteiger partial charge in [-0.25, -0.2) is 4.79 Å². The number of halogens is 3. The third-order valence-electron chi connectivity index (χ3n) is 3.44. The van der Waals surface area contributed by atoms with E-state index in [1.165, 1.54) is 13.1 Å². The van der Waals surface area contributed by atoms with Crippen molar-refractivity contribution in [3.63, 3.8) is 0 Å². The van der Waals surface area contributed by atoms with Crippen LogP contribution >= 0.6 is 0 Å². The molecule has 0 aliphatic rings. The van der Waals surface area contributed by atoms with Gasteiger partial charge in [-0.1, -0.05) is 6.07 Å². The summed E-state index contributed by atoms with van der Waals surface area (Å²) in [5.41, 5.74) is -1.03. The average molecular weight is 351 g/mol. The van der Waals surface area contributed by atoms with Gasteiger partial charge in [-0.15, -0.1) is 0 Å². The number of ether oxygens (including phenoxy) is 1. The molecule has 2 N–H and O–H groups in total. The summed E-state index contributed by atoms with van der Waals surface area (Å²) in [4.78, 5) is 15.9. The maximum atomic E-state index is 13.5. The number of anilines is 1. The van der Waals surface area contributed by atoms with E-state index in [4.69, 9.17) is 5.41 Å². The van der Waals surface area contributed by atoms with Crippen molar-refractivity contribution >= 4 is 28.8 Å². The SMILES string of the molecule is CCOC(=O)/C(C=N)=C(/Nc1c(C)ccc2ncccc12)C(F)(F)F. The van der Waals surface area contributed by atoms with Gasteiger partial charge in [0, 0.05) is 17.8 Å². The number of allylic oxidation sites excluding steroid dienone is 1. The summed E-state index contributed by atoms with van der Waals surface area (Å²) >= 11 is 0. The van der Waals surface area contributed by atoms with Crippen molar-refractivity contribution in [2.45, 2.75) is 20.0 Å². The Labute approximate surface area is 142 Å². The van der Waals surface area contributed by atoms with Crippen LogP contribution in [-0.2, 0) is 9.53 Å². The number of aromatic nitrogens is 1. The van der Waals surface area contributed by atoms with Gasteiger partial charge in [-0.3, -0.25) is 4.98 Å². The first kappa shape index (κ1) is 18.4. The van der Waals surface area contributed by atoms with Crippen LogP contribution in [0.4, 0.5) is 18.9 Å². The Bertz CT molecular complexity index is 845. The number of alkyl halides is 3. The molecule has 25 heavy (non-hydrogen) atoms. The highest BCUT2D eigenvalue weighted by atomic mass is 19.4. The van der Waals surface area contributed by atoms with Crippen LogP contribution in [0.1, 0.15) is 12.5 Å². The van der Waals surface area contributed by atoms with Crippen molar-refractivity contribution < 1.29 is 22.7 Å². The third kappa shape index (κ3) is 3.96. The second kappa shape index (κ2) is 7.33. The zero-order valence-electron chi connectivity index (χ0n) is 13.6. The summed E-state index contributed by atoms with van der Waals surface area (Å²) in [6, 6.07) is 6.54. The van der Waals surface area contributed by atoms with E-state index in [-0.39, 0.29) is 12.3 Å². The van der Waals surface area contributed by atoms with Crippen molar-refractivity contribution in [2.75, 3.05) is 11.9 Å². The molecule has 1 aromatic carbocycles. The zero-order chi connectivity index (χ0) is 18.6. The van der Waals surface area contributed by atoms with E-state index in [2.05, 4.69) is 15.0 Å². The van der Waals surface area contributed by atoms with E-state index < -0.39 is 23.4 Å². The molecule has 0 spiro atoms. The maximum absolute atomic E-state index is 13.5. The largest absolute Gasteiger partial charge is 0.462 e. The number of hydrogen-bond donors (Lipinski definition) is 2. The fourth-order valence-corrected chi connectivity index (χ4v) is 2.29. The second-order valence-electron chi connectivity index (χ2n) is 5.10. The molecule has 0 aliphatic heterocycles. The van der Waals surface area contributed by atoms with Crippen LogP contribution in [0.15, 0.2) is 41.7 Å². The summed E-state index contributed by atoms with van der Waals surface area (Å²) in [7, 11) is 0. The number of nitrogens with one attached hydrogen (secondary N) is 2. The Morgan fingerprint density at radius 3 is 2.68 bits per heavy atom. The molecule has 0 unspecified atom stereocenters. The fourth-order valence-electron chi connectivity index (χ4n) is 2.29. The molecule has 5 nitrogen and oxygen atoms in total. The van der Waals surface area contributed by atoms with Crippen LogP contribution < -0.4 is 5.32 Å². The van der Waals surface area contributed by atoms with Gasteiger partial charge in [-0.05, 0) is 37.6 Å². The molecule has 0 atom stereocenters. The van der Waals surface area contributed by atoms with Gasteiger partial charge in [0.2, 0.25) is 0 Å². The topological polar surface area (TPSA) is 75.1 Å². The first-order valence-electron chi connectivity index (χ1n) is 7.40. The molecule has 0 amide bonds. The molecule has 2 rings (SSSR count). The van der Waals surface area contributed by atoms with Gasteiger partial charge in [-0.2, -0.15) is 13.2 Å². The minimum Gasteiger partial charge on any atom is -0.462 e. The van der Waals surface area contributed by atoms with Crippen LogP contribution in [0.3, 0.4) is 0 Å². The summed E-state index contributed by atoms with van der Waals surface area (Å²) in [6.45, 7) is 3.01. The Morgan fingerprint density at radius 2 is 2.08 bits per heavy atom. The molecular formula is C17H16F3N3O2. The van der Waals surface area contributed by atoms with Gasteiger partial charge in [0.1, 0.15) is 11.3 Å². The van der Waals surface area contributed by atoms with E-state index in [1.54, 1.807) is 31.2 Å². The van der Waals surface area contributed by atoms with E-state index >= 15 is 0 Å². The van der Waals surface area contributed by atoms with Crippen molar-refractivity contribution in [3.8, 4) is 0 Å². The lowest BCUT2D eigenvalue weighted by atomic mass is 10.1. The Morgan fingerprint density at radius 1 is 1.36 bits per heavy atom. The number of nitrogens with zero attached hydrogens (tertiary/aromatic N) is 1. The Balaban J connectivity index is 2.65. The number of pyridine rings is 1. The normalized spacial score (nSPS) is 12.5. The molecule has 0 saturated heterocycles. The van der Waals surface area contributed by atoms with Crippen molar-refractivity contribution in [2.24, 2.45) is 0 Å². The van der Waals surface area contributed by atoms with E-state index in [9.17, 15) is 18.0 Å².